The molecule has 106 valence electrons. The van der Waals surface area contributed by atoms with Gasteiger partial charge in [0.15, 0.2) is 0 Å². The van der Waals surface area contributed by atoms with Crippen LogP contribution < -0.4 is 5.32 Å². The van der Waals surface area contributed by atoms with Gasteiger partial charge < -0.3 is 10.2 Å². The predicted octanol–water partition coefficient (Wildman–Crippen LogP) is 1.79. The van der Waals surface area contributed by atoms with Crippen LogP contribution in [0.4, 0.5) is 0 Å². The molecular weight excluding hydrogens is 222 g/mol. The molecule has 2 aliphatic heterocycles. The van der Waals surface area contributed by atoms with Gasteiger partial charge in [-0.3, -0.25) is 4.90 Å². The third kappa shape index (κ3) is 3.46. The lowest BCUT2D eigenvalue weighted by Gasteiger charge is -2.44. The minimum atomic E-state index is 0.602. The van der Waals surface area contributed by atoms with Gasteiger partial charge >= 0.3 is 0 Å². The topological polar surface area (TPSA) is 18.5 Å². The molecule has 0 saturated carbocycles. The molecule has 0 aromatic carbocycles. The van der Waals surface area contributed by atoms with Gasteiger partial charge in [0.05, 0.1) is 0 Å². The number of piperidine rings is 1. The smallest absolute Gasteiger partial charge is 0.0113 e. The van der Waals surface area contributed by atoms with E-state index in [2.05, 4.69) is 35.9 Å². The van der Waals surface area contributed by atoms with Gasteiger partial charge in [-0.25, -0.2) is 0 Å². The number of hydrogen-bond donors (Lipinski definition) is 1. The number of rotatable bonds is 4. The highest BCUT2D eigenvalue weighted by atomic mass is 15.3. The molecule has 0 amide bonds. The second-order valence-electron chi connectivity index (χ2n) is 6.51. The minimum absolute atomic E-state index is 0.602. The first-order valence-electron chi connectivity index (χ1n) is 7.82. The van der Waals surface area contributed by atoms with Gasteiger partial charge in [-0.05, 0) is 51.6 Å². The molecule has 0 atom stereocenters. The first-order valence-corrected chi connectivity index (χ1v) is 7.82. The highest BCUT2D eigenvalue weighted by Gasteiger charge is 2.33. The third-order valence-corrected chi connectivity index (χ3v) is 5.11. The van der Waals surface area contributed by atoms with Gasteiger partial charge in [-0.2, -0.15) is 0 Å². The molecule has 0 aromatic rings. The summed E-state index contributed by atoms with van der Waals surface area (Å²) in [5, 5.41) is 3.51. The molecule has 1 N–H and O–H groups in total. The maximum absolute atomic E-state index is 3.51. The first-order chi connectivity index (χ1) is 8.65. The highest BCUT2D eigenvalue weighted by molar-refractivity contribution is 4.88. The summed E-state index contributed by atoms with van der Waals surface area (Å²) >= 11 is 0. The standard InChI is InChI=1S/C15H31N3/c1-4-15(5-7-16-8-6-15)13-17-9-11-18(12-10-17)14(2)3/h14,16H,4-13H2,1-3H3. The van der Waals surface area contributed by atoms with Crippen LogP contribution in [0.3, 0.4) is 0 Å². The number of nitrogens with zero attached hydrogens (tertiary/aromatic N) is 2. The second-order valence-corrected chi connectivity index (χ2v) is 6.51. The average molecular weight is 253 g/mol. The summed E-state index contributed by atoms with van der Waals surface area (Å²) in [5.74, 6) is 0. The molecular formula is C15H31N3. The molecule has 2 rings (SSSR count). The molecule has 0 aliphatic carbocycles. The van der Waals surface area contributed by atoms with Crippen LogP contribution in [0.2, 0.25) is 0 Å². The van der Waals surface area contributed by atoms with Crippen molar-refractivity contribution in [3.63, 3.8) is 0 Å². The monoisotopic (exact) mass is 253 g/mol. The molecule has 0 unspecified atom stereocenters. The summed E-state index contributed by atoms with van der Waals surface area (Å²) in [6, 6.07) is 0.714. The Kier molecular flexibility index (Phi) is 5.05. The Bertz CT molecular complexity index is 238. The maximum Gasteiger partial charge on any atom is 0.0113 e. The van der Waals surface area contributed by atoms with Crippen molar-refractivity contribution in [3.05, 3.63) is 0 Å². The largest absolute Gasteiger partial charge is 0.317 e. The van der Waals surface area contributed by atoms with Gasteiger partial charge in [-0.1, -0.05) is 6.92 Å². The molecule has 2 aliphatic rings. The Morgan fingerprint density at radius 1 is 1.06 bits per heavy atom. The Morgan fingerprint density at radius 3 is 2.17 bits per heavy atom. The molecule has 3 heteroatoms. The SMILES string of the molecule is CCC1(CN2CCN(C(C)C)CC2)CCNCC1. The van der Waals surface area contributed by atoms with Crippen LogP contribution >= 0.6 is 0 Å². The lowest BCUT2D eigenvalue weighted by molar-refractivity contribution is 0.0539. The first kappa shape index (κ1) is 14.3. The van der Waals surface area contributed by atoms with Crippen molar-refractivity contribution in [1.29, 1.82) is 0 Å². The number of nitrogens with one attached hydrogen (secondary N) is 1. The summed E-state index contributed by atoms with van der Waals surface area (Å²) in [6.07, 6.45) is 4.08. The Balaban J connectivity index is 1.82. The van der Waals surface area contributed by atoms with Crippen LogP contribution in [-0.2, 0) is 0 Å². The molecule has 0 radical (unpaired) electrons. The fourth-order valence-corrected chi connectivity index (χ4v) is 3.49. The van der Waals surface area contributed by atoms with Crippen molar-refractivity contribution in [2.24, 2.45) is 5.41 Å². The van der Waals surface area contributed by atoms with Crippen LogP contribution in [0, 0.1) is 5.41 Å². The molecule has 2 fully saturated rings. The van der Waals surface area contributed by atoms with Crippen LogP contribution in [0.25, 0.3) is 0 Å². The van der Waals surface area contributed by atoms with Crippen molar-refractivity contribution in [2.75, 3.05) is 45.8 Å². The van der Waals surface area contributed by atoms with Gasteiger partial charge in [-0.15, -0.1) is 0 Å². The Labute approximate surface area is 113 Å². The molecule has 0 aromatic heterocycles. The fraction of sp³-hybridized carbons (Fsp3) is 1.00. The zero-order valence-electron chi connectivity index (χ0n) is 12.5. The number of piperazine rings is 1. The summed E-state index contributed by atoms with van der Waals surface area (Å²) in [4.78, 5) is 5.32. The van der Waals surface area contributed by atoms with Crippen LogP contribution in [0.1, 0.15) is 40.0 Å². The summed E-state index contributed by atoms with van der Waals surface area (Å²) in [7, 11) is 0. The highest BCUT2D eigenvalue weighted by Crippen LogP contribution is 2.33. The van der Waals surface area contributed by atoms with Crippen molar-refractivity contribution >= 4 is 0 Å². The van der Waals surface area contributed by atoms with E-state index in [4.69, 9.17) is 0 Å². The number of hydrogen-bond acceptors (Lipinski definition) is 3. The fourth-order valence-electron chi connectivity index (χ4n) is 3.49. The van der Waals surface area contributed by atoms with E-state index >= 15 is 0 Å². The van der Waals surface area contributed by atoms with E-state index in [1.54, 1.807) is 0 Å². The molecule has 2 saturated heterocycles. The van der Waals surface area contributed by atoms with E-state index in [-0.39, 0.29) is 0 Å². The maximum atomic E-state index is 3.51. The van der Waals surface area contributed by atoms with Gasteiger partial charge in [0, 0.05) is 38.8 Å². The van der Waals surface area contributed by atoms with E-state index in [1.807, 2.05) is 0 Å². The third-order valence-electron chi connectivity index (χ3n) is 5.11. The van der Waals surface area contributed by atoms with E-state index in [1.165, 1.54) is 65.1 Å². The Hall–Kier alpha value is -0.120. The molecule has 0 spiro atoms. The van der Waals surface area contributed by atoms with Gasteiger partial charge in [0.25, 0.3) is 0 Å². The van der Waals surface area contributed by atoms with E-state index in [0.717, 1.165) is 0 Å². The minimum Gasteiger partial charge on any atom is -0.317 e. The van der Waals surface area contributed by atoms with Gasteiger partial charge in [0.2, 0.25) is 0 Å². The zero-order chi connectivity index (χ0) is 13.0. The summed E-state index contributed by atoms with van der Waals surface area (Å²) in [6.45, 7) is 15.9. The summed E-state index contributed by atoms with van der Waals surface area (Å²) in [5.41, 5.74) is 0.602. The van der Waals surface area contributed by atoms with Crippen molar-refractivity contribution in [1.82, 2.24) is 15.1 Å². The normalized spacial score (nSPS) is 26.7. The Morgan fingerprint density at radius 2 is 1.67 bits per heavy atom. The lowest BCUT2D eigenvalue weighted by Crippen LogP contribution is -2.53. The van der Waals surface area contributed by atoms with Crippen molar-refractivity contribution < 1.29 is 0 Å². The molecule has 2 heterocycles. The quantitative estimate of drug-likeness (QED) is 0.824. The van der Waals surface area contributed by atoms with E-state index in [9.17, 15) is 0 Å². The van der Waals surface area contributed by atoms with Crippen LogP contribution in [-0.4, -0.2) is 61.7 Å². The average Bonchev–Trinajstić information content (AvgIpc) is 2.40. The molecule has 0 bridgehead atoms. The zero-order valence-corrected chi connectivity index (χ0v) is 12.5. The second kappa shape index (κ2) is 6.36. The van der Waals surface area contributed by atoms with Gasteiger partial charge in [0.1, 0.15) is 0 Å². The lowest BCUT2D eigenvalue weighted by atomic mass is 9.76. The van der Waals surface area contributed by atoms with E-state index < -0.39 is 0 Å². The van der Waals surface area contributed by atoms with Crippen LogP contribution in [0.5, 0.6) is 0 Å². The predicted molar refractivity (Wildman–Crippen MR) is 78.0 cm³/mol. The van der Waals surface area contributed by atoms with E-state index in [0.29, 0.717) is 11.5 Å². The van der Waals surface area contributed by atoms with Crippen LogP contribution in [0.15, 0.2) is 0 Å². The van der Waals surface area contributed by atoms with Crippen molar-refractivity contribution in [2.45, 2.75) is 46.1 Å². The summed E-state index contributed by atoms with van der Waals surface area (Å²) < 4.78 is 0. The van der Waals surface area contributed by atoms with Crippen molar-refractivity contribution in [3.8, 4) is 0 Å². The molecule has 3 nitrogen and oxygen atoms in total. The molecule has 18 heavy (non-hydrogen) atoms.